The number of fused-ring (bicyclic) bond motifs is 1. The first-order valence-corrected chi connectivity index (χ1v) is 13.8. The lowest BCUT2D eigenvalue weighted by Crippen LogP contribution is -2.40. The van der Waals surface area contributed by atoms with Gasteiger partial charge in [-0.2, -0.15) is 17.5 Å². The first kappa shape index (κ1) is 26.7. The Labute approximate surface area is 211 Å². The van der Waals surface area contributed by atoms with E-state index in [0.29, 0.717) is 36.1 Å². The molecule has 1 aliphatic heterocycles. The van der Waals surface area contributed by atoms with E-state index in [1.54, 1.807) is 19.1 Å². The van der Waals surface area contributed by atoms with Crippen molar-refractivity contribution in [2.45, 2.75) is 50.1 Å². The van der Waals surface area contributed by atoms with E-state index in [9.17, 15) is 26.4 Å². The van der Waals surface area contributed by atoms with Gasteiger partial charge >= 0.3 is 6.18 Å². The molecule has 1 aromatic carbocycles. The van der Waals surface area contributed by atoms with Crippen LogP contribution >= 0.6 is 11.8 Å². The first-order valence-electron chi connectivity index (χ1n) is 11.4. The zero-order chi connectivity index (χ0) is 26.3. The summed E-state index contributed by atoms with van der Waals surface area (Å²) in [6, 6.07) is 6.27. The Hall–Kier alpha value is -2.35. The zero-order valence-corrected chi connectivity index (χ0v) is 21.8. The number of sulfonamides is 1. The maximum Gasteiger partial charge on any atom is 0.406 e. The fraction of sp³-hybridized carbons (Fsp3) is 0.478. The monoisotopic (exact) mass is 544 g/mol. The molecule has 196 valence electrons. The first-order chi connectivity index (χ1) is 16.9. The number of ketones is 1. The van der Waals surface area contributed by atoms with Crippen molar-refractivity contribution < 1.29 is 31.1 Å². The Kier molecular flexibility index (Phi) is 7.56. The molecule has 3 aromatic rings. The number of aromatic nitrogens is 3. The van der Waals surface area contributed by atoms with Crippen molar-refractivity contribution in [3.63, 3.8) is 0 Å². The third-order valence-corrected chi connectivity index (χ3v) is 9.02. The SMILES string of the molecule is CCn1c(SCC(=O)c2cc(C)n(CC(F)(F)F)c2C)nc2cc(S(=O)(=O)N3CCOCC3)ccc21. The van der Waals surface area contributed by atoms with E-state index in [2.05, 4.69) is 4.98 Å². The molecule has 0 N–H and O–H groups in total. The number of morpholine rings is 1. The Bertz CT molecular complexity index is 1390. The normalized spacial score (nSPS) is 15.6. The van der Waals surface area contributed by atoms with Crippen LogP contribution in [0.1, 0.15) is 28.7 Å². The Balaban J connectivity index is 1.56. The van der Waals surface area contributed by atoms with Gasteiger partial charge in [0, 0.05) is 36.6 Å². The number of carbonyl (C=O) groups excluding carboxylic acids is 1. The second-order valence-electron chi connectivity index (χ2n) is 8.50. The van der Waals surface area contributed by atoms with E-state index >= 15 is 0 Å². The van der Waals surface area contributed by atoms with E-state index in [4.69, 9.17) is 4.74 Å². The molecule has 36 heavy (non-hydrogen) atoms. The standard InChI is InChI=1S/C23H27F3N4O4S2/c1-4-29-20-6-5-17(36(32,33)28-7-9-34-10-8-28)12-19(20)27-22(29)35-13-21(31)18-11-15(2)30(16(18)3)14-23(24,25)26/h5-6,11-12H,4,7-10,13-14H2,1-3H3. The number of nitrogens with zero attached hydrogens (tertiary/aromatic N) is 4. The van der Waals surface area contributed by atoms with Gasteiger partial charge in [0.2, 0.25) is 10.0 Å². The molecule has 2 aromatic heterocycles. The number of hydrogen-bond acceptors (Lipinski definition) is 6. The predicted molar refractivity (Wildman–Crippen MR) is 130 cm³/mol. The fourth-order valence-corrected chi connectivity index (χ4v) is 6.70. The summed E-state index contributed by atoms with van der Waals surface area (Å²) in [6.07, 6.45) is -4.39. The van der Waals surface area contributed by atoms with Gasteiger partial charge in [-0.3, -0.25) is 4.79 Å². The Morgan fingerprint density at radius 2 is 1.83 bits per heavy atom. The van der Waals surface area contributed by atoms with Gasteiger partial charge in [0.15, 0.2) is 10.9 Å². The second-order valence-corrected chi connectivity index (χ2v) is 11.4. The molecule has 0 unspecified atom stereocenters. The lowest BCUT2D eigenvalue weighted by Gasteiger charge is -2.26. The van der Waals surface area contributed by atoms with Crippen molar-refractivity contribution in [2.75, 3.05) is 32.1 Å². The number of imidazole rings is 1. The van der Waals surface area contributed by atoms with Crippen LogP contribution in [0, 0.1) is 13.8 Å². The molecule has 0 aliphatic carbocycles. The highest BCUT2D eigenvalue weighted by Gasteiger charge is 2.31. The Morgan fingerprint density at radius 1 is 1.14 bits per heavy atom. The minimum atomic E-state index is -4.39. The molecule has 4 rings (SSSR count). The number of rotatable bonds is 8. The van der Waals surface area contributed by atoms with Crippen molar-refractivity contribution in [1.29, 1.82) is 0 Å². The van der Waals surface area contributed by atoms with E-state index in [1.165, 1.54) is 35.1 Å². The van der Waals surface area contributed by atoms with Gasteiger partial charge in [-0.1, -0.05) is 11.8 Å². The number of benzene rings is 1. The van der Waals surface area contributed by atoms with Crippen LogP contribution in [0.4, 0.5) is 13.2 Å². The third-order valence-electron chi connectivity index (χ3n) is 6.15. The van der Waals surface area contributed by atoms with Crippen LogP contribution in [-0.4, -0.2) is 70.9 Å². The second kappa shape index (κ2) is 10.2. The molecule has 8 nitrogen and oxygen atoms in total. The van der Waals surface area contributed by atoms with Gasteiger partial charge in [-0.25, -0.2) is 13.4 Å². The van der Waals surface area contributed by atoms with Gasteiger partial charge < -0.3 is 13.9 Å². The number of thioether (sulfide) groups is 1. The van der Waals surface area contributed by atoms with E-state index in [0.717, 1.165) is 10.1 Å². The lowest BCUT2D eigenvalue weighted by atomic mass is 10.2. The van der Waals surface area contributed by atoms with Crippen LogP contribution in [0.5, 0.6) is 0 Å². The van der Waals surface area contributed by atoms with Gasteiger partial charge in [-0.15, -0.1) is 0 Å². The number of alkyl halides is 3. The van der Waals surface area contributed by atoms with Gasteiger partial charge in [0.1, 0.15) is 6.54 Å². The summed E-state index contributed by atoms with van der Waals surface area (Å²) in [5, 5.41) is 0.533. The molecule has 0 saturated carbocycles. The summed E-state index contributed by atoms with van der Waals surface area (Å²) in [6.45, 7) is 5.63. The van der Waals surface area contributed by atoms with E-state index in [1.807, 2.05) is 11.5 Å². The minimum absolute atomic E-state index is 0.0153. The van der Waals surface area contributed by atoms with Crippen molar-refractivity contribution >= 4 is 38.6 Å². The zero-order valence-electron chi connectivity index (χ0n) is 20.1. The highest BCUT2D eigenvalue weighted by molar-refractivity contribution is 7.99. The number of hydrogen-bond donors (Lipinski definition) is 0. The van der Waals surface area contributed by atoms with Gasteiger partial charge in [-0.05, 0) is 45.0 Å². The van der Waals surface area contributed by atoms with Crippen molar-refractivity contribution in [2.24, 2.45) is 0 Å². The molecular weight excluding hydrogens is 517 g/mol. The quantitative estimate of drug-likeness (QED) is 0.314. The molecule has 1 fully saturated rings. The average molecular weight is 545 g/mol. The van der Waals surface area contributed by atoms with Crippen molar-refractivity contribution in [3.05, 3.63) is 41.2 Å². The number of Topliss-reactive ketones (excluding diaryl/α,β-unsaturated/α-hetero) is 1. The molecule has 0 atom stereocenters. The summed E-state index contributed by atoms with van der Waals surface area (Å²) in [5.74, 6) is -0.315. The minimum Gasteiger partial charge on any atom is -0.379 e. The lowest BCUT2D eigenvalue weighted by molar-refractivity contribution is -0.141. The average Bonchev–Trinajstić information content (AvgIpc) is 3.33. The van der Waals surface area contributed by atoms with Crippen LogP contribution in [0.25, 0.3) is 11.0 Å². The smallest absolute Gasteiger partial charge is 0.379 e. The van der Waals surface area contributed by atoms with Crippen LogP contribution in [0.15, 0.2) is 34.3 Å². The summed E-state index contributed by atoms with van der Waals surface area (Å²) < 4.78 is 74.4. The number of halogens is 3. The molecule has 1 saturated heterocycles. The van der Waals surface area contributed by atoms with Gasteiger partial charge in [0.25, 0.3) is 0 Å². The van der Waals surface area contributed by atoms with Crippen molar-refractivity contribution in [1.82, 2.24) is 18.4 Å². The molecule has 1 aliphatic rings. The van der Waals surface area contributed by atoms with Gasteiger partial charge in [0.05, 0.1) is 34.9 Å². The summed E-state index contributed by atoms with van der Waals surface area (Å²) in [4.78, 5) is 17.6. The highest BCUT2D eigenvalue weighted by Crippen LogP contribution is 2.29. The molecule has 13 heteroatoms. The highest BCUT2D eigenvalue weighted by atomic mass is 32.2. The molecule has 3 heterocycles. The third kappa shape index (κ3) is 5.34. The summed E-state index contributed by atoms with van der Waals surface area (Å²) in [5.41, 5.74) is 2.12. The number of ether oxygens (including phenoxy) is 1. The predicted octanol–water partition coefficient (Wildman–Crippen LogP) is 4.03. The van der Waals surface area contributed by atoms with Crippen LogP contribution in [-0.2, 0) is 27.8 Å². The van der Waals surface area contributed by atoms with Crippen LogP contribution in [0.3, 0.4) is 0 Å². The molecule has 0 spiro atoms. The van der Waals surface area contributed by atoms with Crippen molar-refractivity contribution in [3.8, 4) is 0 Å². The van der Waals surface area contributed by atoms with E-state index < -0.39 is 22.7 Å². The van der Waals surface area contributed by atoms with Crippen LogP contribution in [0.2, 0.25) is 0 Å². The van der Waals surface area contributed by atoms with E-state index in [-0.39, 0.29) is 40.8 Å². The molecule has 0 amide bonds. The summed E-state index contributed by atoms with van der Waals surface area (Å²) in [7, 11) is -3.68. The van der Waals surface area contributed by atoms with Crippen LogP contribution < -0.4 is 0 Å². The fourth-order valence-electron chi connectivity index (χ4n) is 4.31. The molecular formula is C23H27F3N4O4S2. The topological polar surface area (TPSA) is 86.4 Å². The maximum atomic E-state index is 13.0. The molecule has 0 bridgehead atoms. The molecule has 0 radical (unpaired) electrons. The Morgan fingerprint density at radius 3 is 2.47 bits per heavy atom. The summed E-state index contributed by atoms with van der Waals surface area (Å²) >= 11 is 1.17. The maximum absolute atomic E-state index is 13.0. The number of carbonyl (C=O) groups is 1. The number of aryl methyl sites for hydroxylation is 2. The largest absolute Gasteiger partial charge is 0.406 e.